The Kier molecular flexibility index (Phi) is 6.33. The minimum Gasteiger partial charge on any atom is -0.497 e. The topological polar surface area (TPSA) is 24.8 Å². The summed E-state index contributed by atoms with van der Waals surface area (Å²) in [6.07, 6.45) is 4.26. The lowest BCUT2D eigenvalue weighted by atomic mass is 9.63. The van der Waals surface area contributed by atoms with E-state index in [2.05, 4.69) is 68.3 Å². The Hall–Kier alpha value is -2.13. The van der Waals surface area contributed by atoms with Gasteiger partial charge in [0.2, 0.25) is 0 Å². The number of ether oxygens (including phenoxy) is 1. The fourth-order valence-electron chi connectivity index (χ4n) is 4.46. The van der Waals surface area contributed by atoms with Gasteiger partial charge < -0.3 is 9.64 Å². The molecule has 1 saturated heterocycles. The van der Waals surface area contributed by atoms with Gasteiger partial charge in [-0.05, 0) is 68.1 Å². The van der Waals surface area contributed by atoms with Crippen LogP contribution in [0.2, 0.25) is 0 Å². The van der Waals surface area contributed by atoms with Gasteiger partial charge in [0.1, 0.15) is 5.75 Å². The van der Waals surface area contributed by atoms with Gasteiger partial charge in [0.05, 0.1) is 7.11 Å². The summed E-state index contributed by atoms with van der Waals surface area (Å²) in [6.45, 7) is 6.74. The van der Waals surface area contributed by atoms with Gasteiger partial charge in [-0.2, -0.15) is 0 Å². The minimum absolute atomic E-state index is 0.199. The Morgan fingerprint density at radius 3 is 2.48 bits per heavy atom. The van der Waals surface area contributed by atoms with E-state index < -0.39 is 0 Å². The molecule has 0 N–H and O–H groups in total. The second-order valence-electron chi connectivity index (χ2n) is 7.97. The van der Waals surface area contributed by atoms with Gasteiger partial charge >= 0.3 is 0 Å². The molecular formula is C24H32N2O. The van der Waals surface area contributed by atoms with Crippen LogP contribution in [0.1, 0.15) is 37.8 Å². The average molecular weight is 365 g/mol. The van der Waals surface area contributed by atoms with Crippen molar-refractivity contribution in [2.75, 3.05) is 27.2 Å². The molecule has 27 heavy (non-hydrogen) atoms. The SMILES string of the molecule is COc1ccc(C=NCCC2(c3ccccc3)CC(C)N(C)CC2C)cc1. The number of aliphatic imine (C=N–C) groups is 1. The van der Waals surface area contributed by atoms with Crippen molar-refractivity contribution in [2.24, 2.45) is 10.9 Å². The zero-order valence-corrected chi connectivity index (χ0v) is 17.1. The van der Waals surface area contributed by atoms with Crippen LogP contribution in [0.5, 0.6) is 5.75 Å². The van der Waals surface area contributed by atoms with Crippen LogP contribution in [0.4, 0.5) is 0 Å². The number of likely N-dealkylation sites (tertiary alicyclic amines) is 1. The van der Waals surface area contributed by atoms with Gasteiger partial charge in [-0.15, -0.1) is 0 Å². The quantitative estimate of drug-likeness (QED) is 0.688. The predicted molar refractivity (Wildman–Crippen MR) is 114 cm³/mol. The Bertz CT molecular complexity index is 741. The van der Waals surface area contributed by atoms with E-state index in [1.54, 1.807) is 7.11 Å². The van der Waals surface area contributed by atoms with E-state index >= 15 is 0 Å². The molecule has 144 valence electrons. The van der Waals surface area contributed by atoms with E-state index in [-0.39, 0.29) is 5.41 Å². The third-order valence-corrected chi connectivity index (χ3v) is 6.31. The zero-order valence-electron chi connectivity index (χ0n) is 17.1. The van der Waals surface area contributed by atoms with Crippen molar-refractivity contribution < 1.29 is 4.74 Å². The van der Waals surface area contributed by atoms with Crippen molar-refractivity contribution in [3.05, 3.63) is 65.7 Å². The van der Waals surface area contributed by atoms with Gasteiger partial charge in [0.15, 0.2) is 0 Å². The highest BCUT2D eigenvalue weighted by Crippen LogP contribution is 2.44. The summed E-state index contributed by atoms with van der Waals surface area (Å²) in [4.78, 5) is 7.25. The van der Waals surface area contributed by atoms with Crippen molar-refractivity contribution in [1.29, 1.82) is 0 Å². The van der Waals surface area contributed by atoms with Crippen LogP contribution >= 0.6 is 0 Å². The van der Waals surface area contributed by atoms with E-state index in [1.165, 1.54) is 12.0 Å². The third-order valence-electron chi connectivity index (χ3n) is 6.31. The molecule has 1 aliphatic rings. The van der Waals surface area contributed by atoms with E-state index in [0.29, 0.717) is 12.0 Å². The van der Waals surface area contributed by atoms with Crippen molar-refractivity contribution in [3.8, 4) is 5.75 Å². The van der Waals surface area contributed by atoms with Crippen LogP contribution in [0.25, 0.3) is 0 Å². The molecule has 0 saturated carbocycles. The summed E-state index contributed by atoms with van der Waals surface area (Å²) in [6, 6.07) is 19.7. The van der Waals surface area contributed by atoms with E-state index in [0.717, 1.165) is 30.8 Å². The van der Waals surface area contributed by atoms with Gasteiger partial charge in [0, 0.05) is 30.8 Å². The Balaban J connectivity index is 1.75. The van der Waals surface area contributed by atoms with Crippen molar-refractivity contribution in [3.63, 3.8) is 0 Å². The molecular weight excluding hydrogens is 332 g/mol. The summed E-state index contributed by atoms with van der Waals surface area (Å²) in [5.41, 5.74) is 2.79. The lowest BCUT2D eigenvalue weighted by Crippen LogP contribution is -2.51. The number of methoxy groups -OCH3 is 1. The standard InChI is InChI=1S/C24H32N2O/c1-19-18-26(3)20(2)16-24(19,22-8-6-5-7-9-22)14-15-25-17-21-10-12-23(27-4)13-11-21/h5-13,17,19-20H,14-16,18H2,1-4H3. The van der Waals surface area contributed by atoms with E-state index in [1.807, 2.05) is 18.3 Å². The van der Waals surface area contributed by atoms with Gasteiger partial charge in [-0.25, -0.2) is 0 Å². The van der Waals surface area contributed by atoms with Crippen LogP contribution in [-0.2, 0) is 5.41 Å². The lowest BCUT2D eigenvalue weighted by molar-refractivity contribution is 0.0705. The minimum atomic E-state index is 0.199. The molecule has 1 fully saturated rings. The average Bonchev–Trinajstić information content (AvgIpc) is 2.70. The van der Waals surface area contributed by atoms with E-state index in [4.69, 9.17) is 9.73 Å². The fourth-order valence-corrected chi connectivity index (χ4v) is 4.46. The Labute approximate surface area is 164 Å². The number of nitrogens with zero attached hydrogens (tertiary/aromatic N) is 2. The molecule has 1 heterocycles. The molecule has 2 aromatic rings. The molecule has 0 aliphatic carbocycles. The molecule has 1 aliphatic heterocycles. The van der Waals surface area contributed by atoms with Crippen LogP contribution in [0, 0.1) is 5.92 Å². The van der Waals surface area contributed by atoms with Gasteiger partial charge in [-0.1, -0.05) is 37.3 Å². The van der Waals surface area contributed by atoms with Crippen molar-refractivity contribution in [2.45, 2.75) is 38.1 Å². The normalized spacial score (nSPS) is 26.4. The summed E-state index contributed by atoms with van der Waals surface area (Å²) in [5.74, 6) is 1.49. The summed E-state index contributed by atoms with van der Waals surface area (Å²) >= 11 is 0. The molecule has 3 heteroatoms. The van der Waals surface area contributed by atoms with Crippen LogP contribution in [-0.4, -0.2) is 44.4 Å². The van der Waals surface area contributed by atoms with Crippen LogP contribution in [0.15, 0.2) is 59.6 Å². The summed E-state index contributed by atoms with van der Waals surface area (Å²) < 4.78 is 5.22. The molecule has 3 unspecified atom stereocenters. The first kappa shape index (κ1) is 19.6. The first-order valence-electron chi connectivity index (χ1n) is 9.95. The molecule has 0 amide bonds. The highest BCUT2D eigenvalue weighted by molar-refractivity contribution is 5.79. The Morgan fingerprint density at radius 2 is 1.81 bits per heavy atom. The predicted octanol–water partition coefficient (Wildman–Crippen LogP) is 4.80. The molecule has 0 bridgehead atoms. The van der Waals surface area contributed by atoms with Crippen molar-refractivity contribution >= 4 is 6.21 Å². The first-order valence-corrected chi connectivity index (χ1v) is 9.95. The molecule has 3 nitrogen and oxygen atoms in total. The number of benzene rings is 2. The molecule has 2 aromatic carbocycles. The zero-order chi connectivity index (χ0) is 19.3. The molecule has 0 aromatic heterocycles. The highest BCUT2D eigenvalue weighted by Gasteiger charge is 2.43. The maximum atomic E-state index is 5.22. The fraction of sp³-hybridized carbons (Fsp3) is 0.458. The van der Waals surface area contributed by atoms with Crippen LogP contribution < -0.4 is 4.74 Å². The van der Waals surface area contributed by atoms with Gasteiger partial charge in [-0.3, -0.25) is 4.99 Å². The first-order chi connectivity index (χ1) is 13.0. The molecule has 3 rings (SSSR count). The third kappa shape index (κ3) is 4.41. The highest BCUT2D eigenvalue weighted by atomic mass is 16.5. The van der Waals surface area contributed by atoms with Crippen molar-refractivity contribution in [1.82, 2.24) is 4.90 Å². The maximum Gasteiger partial charge on any atom is 0.118 e. The molecule has 3 atom stereocenters. The van der Waals surface area contributed by atoms with E-state index in [9.17, 15) is 0 Å². The number of rotatable bonds is 6. The number of hydrogen-bond donors (Lipinski definition) is 0. The Morgan fingerprint density at radius 1 is 1.11 bits per heavy atom. The van der Waals surface area contributed by atoms with Crippen LogP contribution in [0.3, 0.4) is 0 Å². The maximum absolute atomic E-state index is 5.22. The second kappa shape index (κ2) is 8.71. The smallest absolute Gasteiger partial charge is 0.118 e. The summed E-state index contributed by atoms with van der Waals surface area (Å²) in [7, 11) is 3.94. The largest absolute Gasteiger partial charge is 0.497 e. The monoisotopic (exact) mass is 364 g/mol. The number of piperidine rings is 1. The lowest BCUT2D eigenvalue weighted by Gasteiger charge is -2.49. The van der Waals surface area contributed by atoms with Gasteiger partial charge in [0.25, 0.3) is 0 Å². The molecule has 0 spiro atoms. The second-order valence-corrected chi connectivity index (χ2v) is 7.97. The molecule has 0 radical (unpaired) electrons. The summed E-state index contributed by atoms with van der Waals surface area (Å²) in [5, 5.41) is 0. The number of hydrogen-bond acceptors (Lipinski definition) is 3.